The molecule has 134 valence electrons. The molecule has 2 aromatic rings. The topological polar surface area (TPSA) is 67.6 Å². The van der Waals surface area contributed by atoms with Crippen LogP contribution >= 0.6 is 0 Å². The number of carbonyl (C=O) groups is 1. The summed E-state index contributed by atoms with van der Waals surface area (Å²) >= 11 is 0. The van der Waals surface area contributed by atoms with Gasteiger partial charge in [0.25, 0.3) is 0 Å². The van der Waals surface area contributed by atoms with E-state index in [1.807, 2.05) is 45.0 Å². The summed E-state index contributed by atoms with van der Waals surface area (Å²) in [7, 11) is 0. The Morgan fingerprint density at radius 1 is 1.24 bits per heavy atom. The van der Waals surface area contributed by atoms with Crippen molar-refractivity contribution in [1.29, 1.82) is 0 Å². The molecule has 0 radical (unpaired) electrons. The van der Waals surface area contributed by atoms with Gasteiger partial charge in [0.1, 0.15) is 6.26 Å². The van der Waals surface area contributed by atoms with Crippen LogP contribution in [0.25, 0.3) is 11.5 Å². The molecule has 2 atom stereocenters. The first kappa shape index (κ1) is 17.5. The highest BCUT2D eigenvalue weighted by Crippen LogP contribution is 2.19. The molecule has 3 rings (SSSR count). The monoisotopic (exact) mass is 343 g/mol. The molecule has 0 unspecified atom stereocenters. The Labute approximate surface area is 148 Å². The third-order valence-corrected chi connectivity index (χ3v) is 4.21. The lowest BCUT2D eigenvalue weighted by atomic mass is 10.1. The van der Waals surface area contributed by atoms with Crippen molar-refractivity contribution < 1.29 is 13.9 Å². The number of hydrogen-bond acceptors (Lipinski definition) is 4. The first-order chi connectivity index (χ1) is 12.0. The molecule has 1 fully saturated rings. The second kappa shape index (κ2) is 7.70. The number of benzene rings is 1. The van der Waals surface area contributed by atoms with Crippen LogP contribution < -0.4 is 5.32 Å². The maximum Gasteiger partial charge on any atom is 0.317 e. The number of urea groups is 1. The minimum Gasteiger partial charge on any atom is -0.444 e. The van der Waals surface area contributed by atoms with Gasteiger partial charge >= 0.3 is 6.03 Å². The molecule has 1 aromatic carbocycles. The fraction of sp³-hybridized carbons (Fsp3) is 0.474. The molecular weight excluding hydrogens is 318 g/mol. The Bertz CT molecular complexity index is 701. The number of aromatic nitrogens is 1. The van der Waals surface area contributed by atoms with Gasteiger partial charge in [-0.05, 0) is 32.9 Å². The lowest BCUT2D eigenvalue weighted by molar-refractivity contribution is -0.0544. The summed E-state index contributed by atoms with van der Waals surface area (Å²) in [4.78, 5) is 18.6. The summed E-state index contributed by atoms with van der Waals surface area (Å²) in [5.74, 6) is 0.608. The van der Waals surface area contributed by atoms with Gasteiger partial charge in [-0.2, -0.15) is 0 Å². The average Bonchev–Trinajstić information content (AvgIpc) is 3.03. The highest BCUT2D eigenvalue weighted by molar-refractivity contribution is 5.74. The van der Waals surface area contributed by atoms with E-state index < -0.39 is 0 Å². The van der Waals surface area contributed by atoms with Crippen LogP contribution in [0.3, 0.4) is 0 Å². The molecule has 2 heterocycles. The predicted molar refractivity (Wildman–Crippen MR) is 95.4 cm³/mol. The van der Waals surface area contributed by atoms with Crippen LogP contribution in [0.1, 0.15) is 25.1 Å². The van der Waals surface area contributed by atoms with E-state index in [4.69, 9.17) is 9.15 Å². The molecule has 1 aromatic heterocycles. The third-order valence-electron chi connectivity index (χ3n) is 4.21. The number of nitrogens with zero attached hydrogens (tertiary/aromatic N) is 2. The molecule has 1 saturated heterocycles. The first-order valence-corrected chi connectivity index (χ1v) is 8.71. The fourth-order valence-corrected chi connectivity index (χ4v) is 3.00. The number of amides is 2. The Hall–Kier alpha value is -2.34. The van der Waals surface area contributed by atoms with Crippen LogP contribution in [0.2, 0.25) is 0 Å². The predicted octanol–water partition coefficient (Wildman–Crippen LogP) is 3.01. The van der Waals surface area contributed by atoms with E-state index in [1.165, 1.54) is 5.56 Å². The highest BCUT2D eigenvalue weighted by atomic mass is 16.5. The number of hydrogen-bond donors (Lipinski definition) is 1. The quantitative estimate of drug-likeness (QED) is 0.927. The SMILES string of the molecule is Cc1ccc(-c2nc(CCNC(=O)N3C[C@@H](C)O[C@@H](C)C3)co2)cc1. The lowest BCUT2D eigenvalue weighted by Crippen LogP contribution is -2.51. The van der Waals surface area contributed by atoms with Crippen molar-refractivity contribution in [2.24, 2.45) is 0 Å². The molecule has 6 nitrogen and oxygen atoms in total. The normalized spacial score (nSPS) is 20.5. The smallest absolute Gasteiger partial charge is 0.317 e. The fourth-order valence-electron chi connectivity index (χ4n) is 3.00. The van der Waals surface area contributed by atoms with Crippen LogP contribution in [0, 0.1) is 6.92 Å². The third kappa shape index (κ3) is 4.60. The number of oxazole rings is 1. The highest BCUT2D eigenvalue weighted by Gasteiger charge is 2.25. The summed E-state index contributed by atoms with van der Waals surface area (Å²) < 4.78 is 11.2. The zero-order valence-corrected chi connectivity index (χ0v) is 15.0. The van der Waals surface area contributed by atoms with Crippen LogP contribution in [0.5, 0.6) is 0 Å². The number of morpholine rings is 1. The van der Waals surface area contributed by atoms with Gasteiger partial charge in [0.2, 0.25) is 5.89 Å². The molecule has 0 spiro atoms. The van der Waals surface area contributed by atoms with E-state index in [0.29, 0.717) is 31.9 Å². The molecule has 2 amide bonds. The Morgan fingerprint density at radius 3 is 2.60 bits per heavy atom. The van der Waals surface area contributed by atoms with Gasteiger partial charge in [0.15, 0.2) is 0 Å². The molecule has 0 saturated carbocycles. The minimum atomic E-state index is -0.0516. The van der Waals surface area contributed by atoms with Gasteiger partial charge in [0, 0.05) is 31.6 Å². The van der Waals surface area contributed by atoms with Gasteiger partial charge in [-0.3, -0.25) is 0 Å². The van der Waals surface area contributed by atoms with Crippen LogP contribution in [0.4, 0.5) is 4.79 Å². The largest absolute Gasteiger partial charge is 0.444 e. The zero-order valence-electron chi connectivity index (χ0n) is 15.0. The summed E-state index contributed by atoms with van der Waals surface area (Å²) in [6.45, 7) is 7.79. The Morgan fingerprint density at radius 2 is 1.92 bits per heavy atom. The van der Waals surface area contributed by atoms with E-state index in [9.17, 15) is 4.79 Å². The van der Waals surface area contributed by atoms with Crippen LogP contribution in [-0.4, -0.2) is 47.8 Å². The van der Waals surface area contributed by atoms with Crippen molar-refractivity contribution in [2.75, 3.05) is 19.6 Å². The maximum absolute atomic E-state index is 12.3. The number of aryl methyl sites for hydroxylation is 1. The molecule has 0 bridgehead atoms. The lowest BCUT2D eigenvalue weighted by Gasteiger charge is -2.35. The first-order valence-electron chi connectivity index (χ1n) is 8.71. The van der Waals surface area contributed by atoms with E-state index >= 15 is 0 Å². The van der Waals surface area contributed by atoms with Gasteiger partial charge in [-0.1, -0.05) is 17.7 Å². The van der Waals surface area contributed by atoms with Crippen molar-refractivity contribution in [3.63, 3.8) is 0 Å². The van der Waals surface area contributed by atoms with Crippen molar-refractivity contribution in [3.8, 4) is 11.5 Å². The Balaban J connectivity index is 1.49. The van der Waals surface area contributed by atoms with Gasteiger partial charge < -0.3 is 19.4 Å². The zero-order chi connectivity index (χ0) is 17.8. The summed E-state index contributed by atoms with van der Waals surface area (Å²) in [6.07, 6.45) is 2.43. The number of nitrogens with one attached hydrogen (secondary N) is 1. The van der Waals surface area contributed by atoms with E-state index in [-0.39, 0.29) is 18.2 Å². The van der Waals surface area contributed by atoms with Gasteiger partial charge in [-0.15, -0.1) is 0 Å². The molecule has 1 aliphatic heterocycles. The second-order valence-electron chi connectivity index (χ2n) is 6.65. The molecule has 1 N–H and O–H groups in total. The van der Waals surface area contributed by atoms with Crippen molar-refractivity contribution >= 4 is 6.03 Å². The van der Waals surface area contributed by atoms with Crippen LogP contribution in [-0.2, 0) is 11.2 Å². The molecule has 25 heavy (non-hydrogen) atoms. The summed E-state index contributed by atoms with van der Waals surface area (Å²) in [6, 6.07) is 8.00. The number of rotatable bonds is 4. The van der Waals surface area contributed by atoms with Gasteiger partial charge in [0.05, 0.1) is 17.9 Å². The maximum atomic E-state index is 12.3. The van der Waals surface area contributed by atoms with E-state index in [2.05, 4.69) is 10.3 Å². The summed E-state index contributed by atoms with van der Waals surface area (Å²) in [5.41, 5.74) is 2.99. The number of carbonyl (C=O) groups excluding carboxylic acids is 1. The average molecular weight is 343 g/mol. The Kier molecular flexibility index (Phi) is 5.38. The van der Waals surface area contributed by atoms with Crippen molar-refractivity contribution in [1.82, 2.24) is 15.2 Å². The minimum absolute atomic E-state index is 0.0516. The summed E-state index contributed by atoms with van der Waals surface area (Å²) in [5, 5.41) is 2.95. The molecule has 0 aliphatic carbocycles. The van der Waals surface area contributed by atoms with E-state index in [0.717, 1.165) is 11.3 Å². The standard InChI is InChI=1S/C19H25N3O3/c1-13-4-6-16(7-5-13)18-21-17(12-24-18)8-9-20-19(23)22-10-14(2)25-15(3)11-22/h4-7,12,14-15H,8-11H2,1-3H3,(H,20,23)/t14-,15+. The van der Waals surface area contributed by atoms with Crippen molar-refractivity contribution in [3.05, 3.63) is 41.8 Å². The molecule has 1 aliphatic rings. The molecular formula is C19H25N3O3. The second-order valence-corrected chi connectivity index (χ2v) is 6.65. The van der Waals surface area contributed by atoms with Crippen molar-refractivity contribution in [2.45, 2.75) is 39.4 Å². The number of ether oxygens (including phenoxy) is 1. The van der Waals surface area contributed by atoms with Gasteiger partial charge in [-0.25, -0.2) is 9.78 Å². The van der Waals surface area contributed by atoms with E-state index in [1.54, 1.807) is 11.2 Å². The molecule has 6 heteroatoms. The van der Waals surface area contributed by atoms with Crippen LogP contribution in [0.15, 0.2) is 34.9 Å².